The number of methoxy groups -OCH3 is 2. The Morgan fingerprint density at radius 3 is 2.70 bits per heavy atom. The van der Waals surface area contributed by atoms with Crippen molar-refractivity contribution in [3.8, 4) is 5.75 Å². The van der Waals surface area contributed by atoms with Gasteiger partial charge < -0.3 is 14.2 Å². The van der Waals surface area contributed by atoms with Crippen LogP contribution in [0, 0.1) is 0 Å². The molecule has 0 radical (unpaired) electrons. The van der Waals surface area contributed by atoms with Gasteiger partial charge in [-0.3, -0.25) is 0 Å². The van der Waals surface area contributed by atoms with E-state index in [-0.39, 0.29) is 5.97 Å². The number of ether oxygens (including phenoxy) is 2. The zero-order valence-electron chi connectivity index (χ0n) is 10.8. The lowest BCUT2D eigenvalue weighted by Crippen LogP contribution is -2.02. The number of hydrogen-bond acceptors (Lipinski definition) is 6. The van der Waals surface area contributed by atoms with Crippen molar-refractivity contribution in [1.29, 1.82) is 0 Å². The zero-order valence-corrected chi connectivity index (χ0v) is 14.0. The molecule has 4 nitrogen and oxygen atoms in total. The summed E-state index contributed by atoms with van der Waals surface area (Å²) in [5.41, 5.74) is 1.26. The molecule has 1 N–H and O–H groups in total. The van der Waals surface area contributed by atoms with Gasteiger partial charge >= 0.3 is 5.97 Å². The van der Waals surface area contributed by atoms with Gasteiger partial charge in [-0.2, -0.15) is 0 Å². The number of anilines is 1. The van der Waals surface area contributed by atoms with Crippen LogP contribution in [0.3, 0.4) is 0 Å². The van der Waals surface area contributed by atoms with Gasteiger partial charge in [0.25, 0.3) is 0 Å². The molecule has 0 amide bonds. The molecule has 7 heteroatoms. The molecule has 0 bridgehead atoms. The van der Waals surface area contributed by atoms with E-state index in [1.807, 2.05) is 12.1 Å². The number of thiophene rings is 1. The standard InChI is InChI=1S/C13H12BrNO3S2/c1-17-10-7-8(13(16)18-2)3-4-9(10)15-20-12-6-5-11(14)19-12/h3-7,15H,1-2H3. The monoisotopic (exact) mass is 373 g/mol. The second-order valence-electron chi connectivity index (χ2n) is 3.67. The lowest BCUT2D eigenvalue weighted by molar-refractivity contribution is 0.0600. The van der Waals surface area contributed by atoms with Crippen LogP contribution in [0.2, 0.25) is 0 Å². The first-order chi connectivity index (χ1) is 9.63. The maximum atomic E-state index is 11.5. The number of nitrogens with one attached hydrogen (secondary N) is 1. The van der Waals surface area contributed by atoms with Crippen molar-refractivity contribution in [3.63, 3.8) is 0 Å². The average Bonchev–Trinajstić information content (AvgIpc) is 2.89. The molecule has 0 aliphatic carbocycles. The third-order valence-electron chi connectivity index (χ3n) is 2.43. The summed E-state index contributed by atoms with van der Waals surface area (Å²) >= 11 is 6.54. The lowest BCUT2D eigenvalue weighted by atomic mass is 10.2. The van der Waals surface area contributed by atoms with Crippen LogP contribution in [0.1, 0.15) is 10.4 Å². The molecule has 0 saturated carbocycles. The highest BCUT2D eigenvalue weighted by Crippen LogP contribution is 2.34. The van der Waals surface area contributed by atoms with E-state index in [0.717, 1.165) is 13.7 Å². The maximum absolute atomic E-state index is 11.5. The van der Waals surface area contributed by atoms with Gasteiger partial charge in [0, 0.05) is 0 Å². The van der Waals surface area contributed by atoms with E-state index < -0.39 is 0 Å². The summed E-state index contributed by atoms with van der Waals surface area (Å²) in [7, 11) is 2.92. The molecule has 0 aliphatic rings. The number of halogens is 1. The Morgan fingerprint density at radius 2 is 2.10 bits per heavy atom. The molecule has 2 rings (SSSR count). The summed E-state index contributed by atoms with van der Waals surface area (Å²) in [5, 5.41) is 0. The molecule has 1 aromatic heterocycles. The SMILES string of the molecule is COC(=O)c1ccc(NSc2ccc(Br)s2)c(OC)c1. The second-order valence-corrected chi connectivity index (χ2v) is 7.24. The average molecular weight is 374 g/mol. The zero-order chi connectivity index (χ0) is 14.5. The van der Waals surface area contributed by atoms with Gasteiger partial charge in [-0.05, 0) is 58.2 Å². The van der Waals surface area contributed by atoms with E-state index in [1.54, 1.807) is 36.6 Å². The van der Waals surface area contributed by atoms with Crippen LogP contribution in [-0.4, -0.2) is 20.2 Å². The van der Waals surface area contributed by atoms with Crippen molar-refractivity contribution in [2.45, 2.75) is 4.21 Å². The topological polar surface area (TPSA) is 47.6 Å². The molecule has 0 saturated heterocycles. The lowest BCUT2D eigenvalue weighted by Gasteiger charge is -2.10. The normalized spacial score (nSPS) is 10.2. The Morgan fingerprint density at radius 1 is 1.30 bits per heavy atom. The number of hydrogen-bond donors (Lipinski definition) is 1. The van der Waals surface area contributed by atoms with Gasteiger partial charge in [-0.1, -0.05) is 0 Å². The summed E-state index contributed by atoms with van der Waals surface area (Å²) in [5.74, 6) is 0.209. The fraction of sp³-hybridized carbons (Fsp3) is 0.154. The van der Waals surface area contributed by atoms with Crippen molar-refractivity contribution in [2.24, 2.45) is 0 Å². The van der Waals surface area contributed by atoms with Crippen molar-refractivity contribution >= 4 is 50.9 Å². The fourth-order valence-electron chi connectivity index (χ4n) is 1.48. The molecule has 0 fully saturated rings. The Bertz CT molecular complexity index is 615. The summed E-state index contributed by atoms with van der Waals surface area (Å²) in [6, 6.07) is 9.15. The first-order valence-corrected chi connectivity index (χ1v) is 8.01. The van der Waals surface area contributed by atoms with Crippen molar-refractivity contribution in [2.75, 3.05) is 18.9 Å². The van der Waals surface area contributed by atoms with Crippen LogP contribution in [0.25, 0.3) is 0 Å². The quantitative estimate of drug-likeness (QED) is 0.620. The van der Waals surface area contributed by atoms with Crippen molar-refractivity contribution in [3.05, 3.63) is 39.7 Å². The molecule has 20 heavy (non-hydrogen) atoms. The van der Waals surface area contributed by atoms with Crippen LogP contribution in [0.4, 0.5) is 5.69 Å². The molecule has 106 valence electrons. The van der Waals surface area contributed by atoms with E-state index in [1.165, 1.54) is 19.1 Å². The minimum atomic E-state index is -0.385. The van der Waals surface area contributed by atoms with E-state index >= 15 is 0 Å². The summed E-state index contributed by atoms with van der Waals surface area (Å²) in [6.45, 7) is 0. The third kappa shape index (κ3) is 3.68. The molecule has 2 aromatic rings. The van der Waals surface area contributed by atoms with E-state index in [9.17, 15) is 4.79 Å². The Hall–Kier alpha value is -1.18. The minimum Gasteiger partial charge on any atom is -0.495 e. The highest BCUT2D eigenvalue weighted by atomic mass is 79.9. The van der Waals surface area contributed by atoms with E-state index in [2.05, 4.69) is 25.4 Å². The first-order valence-electron chi connectivity index (χ1n) is 5.58. The van der Waals surface area contributed by atoms with Gasteiger partial charge in [-0.25, -0.2) is 4.79 Å². The summed E-state index contributed by atoms with van der Waals surface area (Å²) in [4.78, 5) is 11.5. The van der Waals surface area contributed by atoms with Gasteiger partial charge in [-0.15, -0.1) is 11.3 Å². The highest BCUT2D eigenvalue weighted by molar-refractivity contribution is 9.11. The summed E-state index contributed by atoms with van der Waals surface area (Å²) in [6.07, 6.45) is 0. The van der Waals surface area contributed by atoms with Gasteiger partial charge in [0.2, 0.25) is 0 Å². The smallest absolute Gasteiger partial charge is 0.337 e. The predicted molar refractivity (Wildman–Crippen MR) is 85.8 cm³/mol. The number of carbonyl (C=O) groups is 1. The highest BCUT2D eigenvalue weighted by Gasteiger charge is 2.10. The summed E-state index contributed by atoms with van der Waals surface area (Å²) < 4.78 is 15.4. The van der Waals surface area contributed by atoms with E-state index in [4.69, 9.17) is 4.74 Å². The minimum absolute atomic E-state index is 0.385. The Labute approximate surface area is 133 Å². The van der Waals surface area contributed by atoms with Crippen LogP contribution in [0.15, 0.2) is 38.3 Å². The second kappa shape index (κ2) is 7.01. The number of rotatable bonds is 5. The predicted octanol–water partition coefficient (Wildman–Crippen LogP) is 4.43. The van der Waals surface area contributed by atoms with Crippen LogP contribution >= 0.6 is 39.2 Å². The molecule has 0 aliphatic heterocycles. The van der Waals surface area contributed by atoms with Gasteiger partial charge in [0.1, 0.15) is 5.75 Å². The van der Waals surface area contributed by atoms with E-state index in [0.29, 0.717) is 11.3 Å². The number of esters is 1. The Balaban J connectivity index is 2.13. The number of carbonyl (C=O) groups excluding carboxylic acids is 1. The van der Waals surface area contributed by atoms with Crippen molar-refractivity contribution in [1.82, 2.24) is 0 Å². The molecule has 0 spiro atoms. The van der Waals surface area contributed by atoms with Crippen LogP contribution in [0.5, 0.6) is 5.75 Å². The first kappa shape index (κ1) is 15.2. The third-order valence-corrected chi connectivity index (χ3v) is 5.01. The molecule has 0 atom stereocenters. The van der Waals surface area contributed by atoms with Gasteiger partial charge in [0.05, 0.1) is 33.5 Å². The van der Waals surface area contributed by atoms with Crippen LogP contribution in [-0.2, 0) is 4.74 Å². The Kier molecular flexibility index (Phi) is 5.33. The maximum Gasteiger partial charge on any atom is 0.337 e. The molecular weight excluding hydrogens is 362 g/mol. The van der Waals surface area contributed by atoms with Crippen molar-refractivity contribution < 1.29 is 14.3 Å². The molecular formula is C13H12BrNO3S2. The van der Waals surface area contributed by atoms with Gasteiger partial charge in [0.15, 0.2) is 0 Å². The molecule has 1 heterocycles. The molecule has 1 aromatic carbocycles. The number of benzene rings is 1. The molecule has 0 unspecified atom stereocenters. The largest absolute Gasteiger partial charge is 0.495 e. The van der Waals surface area contributed by atoms with Crippen LogP contribution < -0.4 is 9.46 Å². The fourth-order valence-corrected chi connectivity index (χ4v) is 4.00.